The van der Waals surface area contributed by atoms with E-state index in [2.05, 4.69) is 4.98 Å². The minimum atomic E-state index is -0.816. The van der Waals surface area contributed by atoms with E-state index < -0.39 is 5.97 Å². The van der Waals surface area contributed by atoms with Crippen molar-refractivity contribution in [2.45, 2.75) is 6.42 Å². The SMILES string of the molecule is O=C(O)Cc1csc2nccn12. The van der Waals surface area contributed by atoms with Crippen LogP contribution < -0.4 is 0 Å². The fraction of sp³-hybridized carbons (Fsp3) is 0.143. The van der Waals surface area contributed by atoms with Gasteiger partial charge >= 0.3 is 5.97 Å². The van der Waals surface area contributed by atoms with Crippen LogP contribution in [0.5, 0.6) is 0 Å². The van der Waals surface area contributed by atoms with E-state index in [1.165, 1.54) is 11.3 Å². The van der Waals surface area contributed by atoms with Crippen LogP contribution >= 0.6 is 11.3 Å². The molecule has 0 spiro atoms. The van der Waals surface area contributed by atoms with Gasteiger partial charge in [0.05, 0.1) is 6.42 Å². The van der Waals surface area contributed by atoms with E-state index >= 15 is 0 Å². The molecule has 0 aromatic carbocycles. The molecule has 4 nitrogen and oxygen atoms in total. The van der Waals surface area contributed by atoms with Gasteiger partial charge in [-0.3, -0.25) is 9.20 Å². The third-order valence-corrected chi connectivity index (χ3v) is 2.45. The summed E-state index contributed by atoms with van der Waals surface area (Å²) in [5.41, 5.74) is 0.778. The van der Waals surface area contributed by atoms with Crippen molar-refractivity contribution in [3.05, 3.63) is 23.5 Å². The van der Waals surface area contributed by atoms with Crippen molar-refractivity contribution >= 4 is 22.3 Å². The number of nitrogens with zero attached hydrogens (tertiary/aromatic N) is 2. The largest absolute Gasteiger partial charge is 0.481 e. The van der Waals surface area contributed by atoms with Gasteiger partial charge in [0, 0.05) is 23.5 Å². The van der Waals surface area contributed by atoms with E-state index in [4.69, 9.17) is 5.11 Å². The lowest BCUT2D eigenvalue weighted by Gasteiger charge is -1.91. The summed E-state index contributed by atoms with van der Waals surface area (Å²) in [6.45, 7) is 0. The Hall–Kier alpha value is -1.36. The minimum absolute atomic E-state index is 0.0519. The molecule has 0 atom stereocenters. The summed E-state index contributed by atoms with van der Waals surface area (Å²) in [5, 5.41) is 10.4. The lowest BCUT2D eigenvalue weighted by Crippen LogP contribution is -2.01. The molecule has 0 aliphatic carbocycles. The van der Waals surface area contributed by atoms with Crippen LogP contribution in [-0.4, -0.2) is 20.5 Å². The van der Waals surface area contributed by atoms with Crippen molar-refractivity contribution in [1.82, 2.24) is 9.38 Å². The summed E-state index contributed by atoms with van der Waals surface area (Å²) in [6.07, 6.45) is 3.48. The molecule has 5 heteroatoms. The van der Waals surface area contributed by atoms with Crippen molar-refractivity contribution in [1.29, 1.82) is 0 Å². The van der Waals surface area contributed by atoms with E-state index in [0.717, 1.165) is 10.7 Å². The van der Waals surface area contributed by atoms with Gasteiger partial charge in [-0.1, -0.05) is 0 Å². The highest BCUT2D eigenvalue weighted by atomic mass is 32.1. The number of carbonyl (C=O) groups is 1. The zero-order valence-electron chi connectivity index (χ0n) is 6.10. The van der Waals surface area contributed by atoms with Crippen LogP contribution in [0.15, 0.2) is 17.8 Å². The van der Waals surface area contributed by atoms with Crippen molar-refractivity contribution in [2.75, 3.05) is 0 Å². The average molecular weight is 182 g/mol. The second kappa shape index (κ2) is 2.60. The third kappa shape index (κ3) is 1.08. The molecule has 12 heavy (non-hydrogen) atoms. The Bertz CT molecular complexity index is 418. The zero-order valence-corrected chi connectivity index (χ0v) is 6.91. The van der Waals surface area contributed by atoms with Gasteiger partial charge in [0.1, 0.15) is 0 Å². The van der Waals surface area contributed by atoms with Crippen molar-refractivity contribution < 1.29 is 9.90 Å². The molecule has 62 valence electrons. The predicted octanol–water partition coefficient (Wildman–Crippen LogP) is 1.02. The molecule has 2 heterocycles. The average Bonchev–Trinajstić information content (AvgIpc) is 2.52. The van der Waals surface area contributed by atoms with Gasteiger partial charge in [-0.05, 0) is 0 Å². The van der Waals surface area contributed by atoms with Gasteiger partial charge in [-0.15, -0.1) is 11.3 Å². The van der Waals surface area contributed by atoms with Crippen LogP contribution in [0.4, 0.5) is 0 Å². The van der Waals surface area contributed by atoms with Crippen LogP contribution in [0.25, 0.3) is 4.96 Å². The zero-order chi connectivity index (χ0) is 8.55. The molecule has 0 unspecified atom stereocenters. The molecule has 2 aromatic rings. The van der Waals surface area contributed by atoms with Crippen molar-refractivity contribution in [3.63, 3.8) is 0 Å². The number of hydrogen-bond donors (Lipinski definition) is 1. The first-order valence-corrected chi connectivity index (χ1v) is 4.26. The van der Waals surface area contributed by atoms with Crippen LogP contribution in [-0.2, 0) is 11.2 Å². The van der Waals surface area contributed by atoms with Gasteiger partial charge in [0.25, 0.3) is 0 Å². The monoisotopic (exact) mass is 182 g/mol. The highest BCUT2D eigenvalue weighted by Gasteiger charge is 2.06. The number of rotatable bonds is 2. The summed E-state index contributed by atoms with van der Waals surface area (Å²) < 4.78 is 1.79. The highest BCUT2D eigenvalue weighted by Crippen LogP contribution is 2.14. The lowest BCUT2D eigenvalue weighted by atomic mass is 10.3. The molecule has 1 N–H and O–H groups in total. The number of imidazole rings is 1. The van der Waals surface area contributed by atoms with E-state index in [1.54, 1.807) is 16.8 Å². The summed E-state index contributed by atoms with van der Waals surface area (Å²) in [5.74, 6) is -0.816. The number of hydrogen-bond acceptors (Lipinski definition) is 3. The molecule has 0 amide bonds. The minimum Gasteiger partial charge on any atom is -0.481 e. The maximum absolute atomic E-state index is 10.4. The maximum Gasteiger partial charge on any atom is 0.309 e. The van der Waals surface area contributed by atoms with E-state index in [-0.39, 0.29) is 6.42 Å². The standard InChI is InChI=1S/C7H6N2O2S/c10-6(11)3-5-4-12-7-8-1-2-9(5)7/h1-2,4H,3H2,(H,10,11). The maximum atomic E-state index is 10.4. The number of carboxylic acids is 1. The molecule has 0 radical (unpaired) electrons. The number of thiazole rings is 1. The fourth-order valence-corrected chi connectivity index (χ4v) is 1.91. The molecule has 0 aliphatic heterocycles. The summed E-state index contributed by atoms with van der Waals surface area (Å²) in [7, 11) is 0. The quantitative estimate of drug-likeness (QED) is 0.754. The Labute approximate surface area is 72.1 Å². The summed E-state index contributed by atoms with van der Waals surface area (Å²) in [4.78, 5) is 15.3. The molecule has 0 fully saturated rings. The van der Waals surface area contributed by atoms with Gasteiger partial charge in [-0.2, -0.15) is 0 Å². The molecule has 0 aliphatic rings. The van der Waals surface area contributed by atoms with E-state index in [0.29, 0.717) is 0 Å². The summed E-state index contributed by atoms with van der Waals surface area (Å²) in [6, 6.07) is 0. The molecule has 2 aromatic heterocycles. The number of aromatic nitrogens is 2. The first-order chi connectivity index (χ1) is 5.77. The molecular weight excluding hydrogens is 176 g/mol. The van der Waals surface area contributed by atoms with Gasteiger partial charge in [-0.25, -0.2) is 4.98 Å². The Morgan fingerprint density at radius 2 is 2.58 bits per heavy atom. The smallest absolute Gasteiger partial charge is 0.309 e. The number of carboxylic acid groups (broad SMARTS) is 1. The number of aliphatic carboxylic acids is 1. The molecule has 2 rings (SSSR count). The van der Waals surface area contributed by atoms with E-state index in [9.17, 15) is 4.79 Å². The Morgan fingerprint density at radius 3 is 3.33 bits per heavy atom. The highest BCUT2D eigenvalue weighted by molar-refractivity contribution is 7.15. The van der Waals surface area contributed by atoms with Crippen LogP contribution in [0, 0.1) is 0 Å². The van der Waals surface area contributed by atoms with Gasteiger partial charge in [0.15, 0.2) is 4.96 Å². The first kappa shape index (κ1) is 7.30. The molecule has 0 saturated heterocycles. The fourth-order valence-electron chi connectivity index (χ4n) is 1.05. The second-order valence-corrected chi connectivity index (χ2v) is 3.21. The topological polar surface area (TPSA) is 54.6 Å². The normalized spacial score (nSPS) is 10.7. The van der Waals surface area contributed by atoms with E-state index in [1.807, 2.05) is 5.38 Å². The number of fused-ring (bicyclic) bond motifs is 1. The van der Waals surface area contributed by atoms with Crippen LogP contribution in [0.2, 0.25) is 0 Å². The van der Waals surface area contributed by atoms with Gasteiger partial charge < -0.3 is 5.11 Å². The summed E-state index contributed by atoms with van der Waals surface area (Å²) >= 11 is 1.45. The molecule has 0 saturated carbocycles. The van der Waals surface area contributed by atoms with Crippen LogP contribution in [0.3, 0.4) is 0 Å². The van der Waals surface area contributed by atoms with Crippen molar-refractivity contribution in [2.24, 2.45) is 0 Å². The van der Waals surface area contributed by atoms with Gasteiger partial charge in [0.2, 0.25) is 0 Å². The second-order valence-electron chi connectivity index (χ2n) is 2.38. The first-order valence-electron chi connectivity index (χ1n) is 3.38. The Kier molecular flexibility index (Phi) is 1.58. The van der Waals surface area contributed by atoms with Crippen molar-refractivity contribution in [3.8, 4) is 0 Å². The predicted molar refractivity (Wildman–Crippen MR) is 44.4 cm³/mol. The Balaban J connectivity index is 2.47. The lowest BCUT2D eigenvalue weighted by molar-refractivity contribution is -0.136. The van der Waals surface area contributed by atoms with Crippen LogP contribution in [0.1, 0.15) is 5.69 Å². The molecule has 0 bridgehead atoms. The molecular formula is C7H6N2O2S. The Morgan fingerprint density at radius 1 is 1.75 bits per heavy atom. The third-order valence-electron chi connectivity index (χ3n) is 1.55.